The standard InChI is InChI=1S/C8H9FN2/c9-8-2-1-5-3-6(10)4-7(5)11-8/h1-2,6H,3-4,10H2. The zero-order valence-electron chi connectivity index (χ0n) is 6.05. The van der Waals surface area contributed by atoms with Crippen LogP contribution in [-0.2, 0) is 12.8 Å². The van der Waals surface area contributed by atoms with Crippen LogP contribution in [0.2, 0.25) is 0 Å². The monoisotopic (exact) mass is 152 g/mol. The van der Waals surface area contributed by atoms with Crippen LogP contribution >= 0.6 is 0 Å². The second-order valence-electron chi connectivity index (χ2n) is 2.91. The zero-order chi connectivity index (χ0) is 7.84. The molecule has 58 valence electrons. The van der Waals surface area contributed by atoms with Crippen molar-refractivity contribution in [1.82, 2.24) is 4.98 Å². The smallest absolute Gasteiger partial charge is 0.213 e. The highest BCUT2D eigenvalue weighted by Crippen LogP contribution is 2.18. The Bertz CT molecular complexity index is 285. The van der Waals surface area contributed by atoms with Gasteiger partial charge in [-0.25, -0.2) is 4.98 Å². The molecule has 1 aliphatic rings. The van der Waals surface area contributed by atoms with Crippen LogP contribution in [0.3, 0.4) is 0 Å². The summed E-state index contributed by atoms with van der Waals surface area (Å²) >= 11 is 0. The van der Waals surface area contributed by atoms with Gasteiger partial charge in [0.1, 0.15) is 0 Å². The highest BCUT2D eigenvalue weighted by atomic mass is 19.1. The minimum absolute atomic E-state index is 0.138. The summed E-state index contributed by atoms with van der Waals surface area (Å²) < 4.78 is 12.5. The van der Waals surface area contributed by atoms with Gasteiger partial charge in [-0.1, -0.05) is 6.07 Å². The van der Waals surface area contributed by atoms with E-state index in [4.69, 9.17) is 5.73 Å². The fourth-order valence-corrected chi connectivity index (χ4v) is 1.47. The van der Waals surface area contributed by atoms with Crippen molar-refractivity contribution in [3.63, 3.8) is 0 Å². The van der Waals surface area contributed by atoms with Crippen molar-refractivity contribution in [3.05, 3.63) is 29.3 Å². The number of pyridine rings is 1. The summed E-state index contributed by atoms with van der Waals surface area (Å²) in [7, 11) is 0. The number of hydrogen-bond acceptors (Lipinski definition) is 2. The fraction of sp³-hybridized carbons (Fsp3) is 0.375. The number of fused-ring (bicyclic) bond motifs is 1. The summed E-state index contributed by atoms with van der Waals surface area (Å²) in [6, 6.07) is 3.29. The average Bonchev–Trinajstić information content (AvgIpc) is 2.27. The largest absolute Gasteiger partial charge is 0.327 e. The molecule has 0 aliphatic heterocycles. The highest BCUT2D eigenvalue weighted by Gasteiger charge is 2.19. The van der Waals surface area contributed by atoms with Crippen molar-refractivity contribution in [2.75, 3.05) is 0 Å². The van der Waals surface area contributed by atoms with Gasteiger partial charge in [-0.2, -0.15) is 4.39 Å². The first-order chi connectivity index (χ1) is 5.25. The summed E-state index contributed by atoms with van der Waals surface area (Å²) in [6.07, 6.45) is 1.55. The van der Waals surface area contributed by atoms with Crippen LogP contribution in [-0.4, -0.2) is 11.0 Å². The Morgan fingerprint density at radius 1 is 1.45 bits per heavy atom. The predicted octanol–water partition coefficient (Wildman–Crippen LogP) is 0.647. The zero-order valence-corrected chi connectivity index (χ0v) is 6.05. The van der Waals surface area contributed by atoms with Gasteiger partial charge in [0.05, 0.1) is 0 Å². The van der Waals surface area contributed by atoms with Gasteiger partial charge in [0, 0.05) is 18.2 Å². The van der Waals surface area contributed by atoms with Crippen molar-refractivity contribution < 1.29 is 4.39 Å². The summed E-state index contributed by atoms with van der Waals surface area (Å²) in [6.45, 7) is 0. The molecule has 1 heterocycles. The lowest BCUT2D eigenvalue weighted by atomic mass is 10.2. The van der Waals surface area contributed by atoms with Gasteiger partial charge in [-0.05, 0) is 18.1 Å². The van der Waals surface area contributed by atoms with Crippen molar-refractivity contribution in [2.45, 2.75) is 18.9 Å². The number of hydrogen-bond donors (Lipinski definition) is 1. The Labute approximate surface area is 64.2 Å². The quantitative estimate of drug-likeness (QED) is 0.554. The van der Waals surface area contributed by atoms with E-state index in [-0.39, 0.29) is 6.04 Å². The van der Waals surface area contributed by atoms with Crippen LogP contribution in [0.25, 0.3) is 0 Å². The summed E-state index contributed by atoms with van der Waals surface area (Å²) in [5, 5.41) is 0. The van der Waals surface area contributed by atoms with Crippen LogP contribution in [0.15, 0.2) is 12.1 Å². The number of aromatic nitrogens is 1. The van der Waals surface area contributed by atoms with Gasteiger partial charge in [0.2, 0.25) is 5.95 Å². The second-order valence-corrected chi connectivity index (χ2v) is 2.91. The molecule has 2 nitrogen and oxygen atoms in total. The van der Waals surface area contributed by atoms with Crippen molar-refractivity contribution in [3.8, 4) is 0 Å². The van der Waals surface area contributed by atoms with Gasteiger partial charge in [-0.3, -0.25) is 0 Å². The van der Waals surface area contributed by atoms with E-state index in [0.717, 1.165) is 17.7 Å². The molecule has 0 saturated carbocycles. The minimum Gasteiger partial charge on any atom is -0.327 e. The van der Waals surface area contributed by atoms with Crippen molar-refractivity contribution in [2.24, 2.45) is 5.73 Å². The van der Waals surface area contributed by atoms with Crippen LogP contribution in [0, 0.1) is 5.95 Å². The molecule has 2 rings (SSSR count). The summed E-state index contributed by atoms with van der Waals surface area (Å²) in [5.74, 6) is -0.405. The van der Waals surface area contributed by atoms with Crippen LogP contribution in [0.5, 0.6) is 0 Å². The number of rotatable bonds is 0. The topological polar surface area (TPSA) is 38.9 Å². The lowest BCUT2D eigenvalue weighted by Crippen LogP contribution is -2.19. The Morgan fingerprint density at radius 3 is 3.09 bits per heavy atom. The number of halogens is 1. The fourth-order valence-electron chi connectivity index (χ4n) is 1.47. The molecule has 1 atom stereocenters. The van der Waals surface area contributed by atoms with Crippen molar-refractivity contribution >= 4 is 0 Å². The van der Waals surface area contributed by atoms with Gasteiger partial charge in [0.15, 0.2) is 0 Å². The minimum atomic E-state index is -0.405. The van der Waals surface area contributed by atoms with Gasteiger partial charge < -0.3 is 5.73 Å². The Hall–Kier alpha value is -0.960. The van der Waals surface area contributed by atoms with E-state index < -0.39 is 5.95 Å². The maximum absolute atomic E-state index is 12.5. The lowest BCUT2D eigenvalue weighted by molar-refractivity contribution is 0.576. The van der Waals surface area contributed by atoms with E-state index in [1.165, 1.54) is 6.07 Å². The second kappa shape index (κ2) is 2.27. The van der Waals surface area contributed by atoms with Gasteiger partial charge >= 0.3 is 0 Å². The Kier molecular flexibility index (Phi) is 1.39. The molecule has 11 heavy (non-hydrogen) atoms. The first kappa shape index (κ1) is 6.73. The maximum atomic E-state index is 12.5. The molecule has 3 heteroatoms. The number of nitrogens with two attached hydrogens (primary N) is 1. The molecule has 0 saturated heterocycles. The molecule has 1 unspecified atom stereocenters. The average molecular weight is 152 g/mol. The summed E-state index contributed by atoms with van der Waals surface area (Å²) in [5.41, 5.74) is 7.60. The van der Waals surface area contributed by atoms with Gasteiger partial charge in [-0.15, -0.1) is 0 Å². The molecule has 0 radical (unpaired) electrons. The molecule has 0 amide bonds. The van der Waals surface area contributed by atoms with Crippen molar-refractivity contribution in [1.29, 1.82) is 0 Å². The summed E-state index contributed by atoms with van der Waals surface area (Å²) in [4.78, 5) is 3.76. The third-order valence-corrected chi connectivity index (χ3v) is 1.97. The Morgan fingerprint density at radius 2 is 2.27 bits per heavy atom. The molecule has 0 spiro atoms. The molecule has 1 aromatic rings. The molecule has 2 N–H and O–H groups in total. The van der Waals surface area contributed by atoms with E-state index in [0.29, 0.717) is 6.42 Å². The molecule has 1 aromatic heterocycles. The van der Waals surface area contributed by atoms with E-state index in [2.05, 4.69) is 4.98 Å². The van der Waals surface area contributed by atoms with Crippen LogP contribution in [0.1, 0.15) is 11.3 Å². The Balaban J connectivity index is 2.43. The molecule has 0 bridgehead atoms. The van der Waals surface area contributed by atoms with E-state index >= 15 is 0 Å². The SMILES string of the molecule is NC1Cc2ccc(F)nc2C1. The molecular weight excluding hydrogens is 143 g/mol. The normalized spacial score (nSPS) is 21.8. The first-order valence-corrected chi connectivity index (χ1v) is 3.65. The van der Waals surface area contributed by atoms with Crippen LogP contribution in [0.4, 0.5) is 4.39 Å². The van der Waals surface area contributed by atoms with E-state index in [1.807, 2.05) is 0 Å². The third-order valence-electron chi connectivity index (χ3n) is 1.97. The highest BCUT2D eigenvalue weighted by molar-refractivity contribution is 5.27. The molecule has 0 aromatic carbocycles. The van der Waals surface area contributed by atoms with E-state index in [9.17, 15) is 4.39 Å². The molecule has 0 fully saturated rings. The maximum Gasteiger partial charge on any atom is 0.213 e. The van der Waals surface area contributed by atoms with Gasteiger partial charge in [0.25, 0.3) is 0 Å². The van der Waals surface area contributed by atoms with Crippen LogP contribution < -0.4 is 5.73 Å². The number of nitrogens with zero attached hydrogens (tertiary/aromatic N) is 1. The third kappa shape index (κ3) is 1.12. The lowest BCUT2D eigenvalue weighted by Gasteiger charge is -1.94. The van der Waals surface area contributed by atoms with E-state index in [1.54, 1.807) is 6.07 Å². The molecule has 1 aliphatic carbocycles. The first-order valence-electron chi connectivity index (χ1n) is 3.65. The predicted molar refractivity (Wildman–Crippen MR) is 39.6 cm³/mol. The molecular formula is C8H9FN2.